The molecule has 0 spiro atoms. The van der Waals surface area contributed by atoms with Crippen molar-refractivity contribution in [3.8, 4) is 0 Å². The molecule has 0 radical (unpaired) electrons. The maximum atomic E-state index is 12.5. The number of hydrogen-bond donors (Lipinski definition) is 2. The first-order valence-electron chi connectivity index (χ1n) is 11.6. The molecule has 2 amide bonds. The van der Waals surface area contributed by atoms with Crippen LogP contribution in [-0.2, 0) is 19.1 Å². The second-order valence-electron chi connectivity index (χ2n) is 10.6. The molecular weight excluding hydrogens is 368 g/mol. The number of ether oxygens (including phenoxy) is 1. The average Bonchev–Trinajstić information content (AvgIpc) is 2.65. The Morgan fingerprint density at radius 1 is 0.897 bits per heavy atom. The zero-order valence-corrected chi connectivity index (χ0v) is 17.7. The molecule has 29 heavy (non-hydrogen) atoms. The van der Waals surface area contributed by atoms with Gasteiger partial charge in [0.25, 0.3) is 5.91 Å². The molecule has 162 valence electrons. The Morgan fingerprint density at radius 2 is 1.48 bits per heavy atom. The minimum atomic E-state index is -0.545. The van der Waals surface area contributed by atoms with Crippen molar-refractivity contribution in [2.45, 2.75) is 83.6 Å². The van der Waals surface area contributed by atoms with Gasteiger partial charge in [-0.15, -0.1) is 0 Å². The van der Waals surface area contributed by atoms with Gasteiger partial charge in [0.1, 0.15) is 6.54 Å². The minimum Gasteiger partial charge on any atom is -0.454 e. The molecule has 0 unspecified atom stereocenters. The summed E-state index contributed by atoms with van der Waals surface area (Å²) in [4.78, 5) is 36.4. The van der Waals surface area contributed by atoms with Crippen LogP contribution in [0.2, 0.25) is 0 Å². The summed E-state index contributed by atoms with van der Waals surface area (Å²) in [5.74, 6) is 2.31. The Labute approximate surface area is 173 Å². The highest BCUT2D eigenvalue weighted by molar-refractivity contribution is 5.84. The Kier molecular flexibility index (Phi) is 6.16. The van der Waals surface area contributed by atoms with Crippen molar-refractivity contribution in [2.24, 2.45) is 29.1 Å². The number of nitrogens with one attached hydrogen (secondary N) is 2. The predicted molar refractivity (Wildman–Crippen MR) is 109 cm³/mol. The molecule has 2 N–H and O–H groups in total. The van der Waals surface area contributed by atoms with Gasteiger partial charge in [-0.05, 0) is 93.3 Å². The summed E-state index contributed by atoms with van der Waals surface area (Å²) in [6.07, 6.45) is 12.4. The highest BCUT2D eigenvalue weighted by Gasteiger charge is 2.51. The zero-order chi connectivity index (χ0) is 20.4. The van der Waals surface area contributed by atoms with Crippen LogP contribution in [0, 0.1) is 29.1 Å². The lowest BCUT2D eigenvalue weighted by Gasteiger charge is -2.56. The molecule has 0 aromatic carbocycles. The fraction of sp³-hybridized carbons (Fsp3) is 0.870. The van der Waals surface area contributed by atoms with Crippen molar-refractivity contribution in [1.29, 1.82) is 0 Å². The lowest BCUT2D eigenvalue weighted by Crippen LogP contribution is -2.48. The number of amides is 2. The van der Waals surface area contributed by atoms with Crippen molar-refractivity contribution >= 4 is 17.8 Å². The summed E-state index contributed by atoms with van der Waals surface area (Å²) in [5, 5.41) is 5.66. The number of rotatable bonds is 7. The predicted octanol–water partition coefficient (Wildman–Crippen LogP) is 2.95. The Hall–Kier alpha value is -1.59. The van der Waals surface area contributed by atoms with Gasteiger partial charge in [-0.1, -0.05) is 6.92 Å². The normalized spacial score (nSPS) is 37.8. The van der Waals surface area contributed by atoms with Crippen LogP contribution in [0.15, 0.2) is 0 Å². The monoisotopic (exact) mass is 404 g/mol. The summed E-state index contributed by atoms with van der Waals surface area (Å²) >= 11 is 0. The molecule has 4 bridgehead atoms. The van der Waals surface area contributed by atoms with Crippen LogP contribution in [0.5, 0.6) is 0 Å². The van der Waals surface area contributed by atoms with E-state index in [-0.39, 0.29) is 36.4 Å². The third-order valence-electron chi connectivity index (χ3n) is 7.88. The molecule has 0 saturated heterocycles. The van der Waals surface area contributed by atoms with Crippen LogP contribution in [0.25, 0.3) is 0 Å². The smallest absolute Gasteiger partial charge is 0.325 e. The summed E-state index contributed by atoms with van der Waals surface area (Å²) in [6, 6.07) is 0.192. The van der Waals surface area contributed by atoms with E-state index in [0.717, 1.165) is 49.4 Å². The topological polar surface area (TPSA) is 84.5 Å². The van der Waals surface area contributed by atoms with E-state index in [1.807, 2.05) is 0 Å². The van der Waals surface area contributed by atoms with Crippen molar-refractivity contribution in [1.82, 2.24) is 10.6 Å². The van der Waals surface area contributed by atoms with E-state index in [4.69, 9.17) is 4.74 Å². The van der Waals surface area contributed by atoms with E-state index in [2.05, 4.69) is 17.6 Å². The second kappa shape index (κ2) is 8.65. The molecule has 5 rings (SSSR count). The van der Waals surface area contributed by atoms with E-state index < -0.39 is 5.97 Å². The molecule has 0 aromatic heterocycles. The molecule has 5 fully saturated rings. The van der Waals surface area contributed by atoms with Crippen molar-refractivity contribution < 1.29 is 19.1 Å². The van der Waals surface area contributed by atoms with Crippen LogP contribution in [0.3, 0.4) is 0 Å². The first-order valence-corrected chi connectivity index (χ1v) is 11.6. The Morgan fingerprint density at radius 3 is 2.07 bits per heavy atom. The maximum absolute atomic E-state index is 12.5. The van der Waals surface area contributed by atoms with Crippen molar-refractivity contribution in [3.63, 3.8) is 0 Å². The number of carbonyl (C=O) groups is 3. The lowest BCUT2D eigenvalue weighted by atomic mass is 9.49. The van der Waals surface area contributed by atoms with Crippen LogP contribution < -0.4 is 10.6 Å². The third kappa shape index (κ3) is 5.32. The van der Waals surface area contributed by atoms with Crippen molar-refractivity contribution in [2.75, 3.05) is 13.2 Å². The second-order valence-corrected chi connectivity index (χ2v) is 10.6. The maximum Gasteiger partial charge on any atom is 0.325 e. The first-order chi connectivity index (χ1) is 13.9. The van der Waals surface area contributed by atoms with E-state index in [9.17, 15) is 14.4 Å². The van der Waals surface area contributed by atoms with Crippen LogP contribution >= 0.6 is 0 Å². The van der Waals surface area contributed by atoms with Crippen molar-refractivity contribution in [3.05, 3.63) is 0 Å². The first kappa shape index (κ1) is 20.7. The average molecular weight is 405 g/mol. The molecule has 5 saturated carbocycles. The number of hydrogen-bond acceptors (Lipinski definition) is 4. The molecule has 0 heterocycles. The van der Waals surface area contributed by atoms with Gasteiger partial charge in [0.2, 0.25) is 5.91 Å². The Balaban J connectivity index is 1.13. The quantitative estimate of drug-likeness (QED) is 0.639. The molecule has 5 aliphatic carbocycles. The fourth-order valence-corrected chi connectivity index (χ4v) is 6.95. The SMILES string of the molecule is CC1CCC(NC(=O)COC(=O)CNC(=O)CC23CC4CC(CC(C4)C2)C3)CC1. The largest absolute Gasteiger partial charge is 0.454 e. The van der Waals surface area contributed by atoms with Gasteiger partial charge in [0, 0.05) is 12.5 Å². The van der Waals surface area contributed by atoms with E-state index >= 15 is 0 Å². The van der Waals surface area contributed by atoms with Crippen LogP contribution in [0.4, 0.5) is 0 Å². The summed E-state index contributed by atoms with van der Waals surface area (Å²) in [6.45, 7) is 1.81. The van der Waals surface area contributed by atoms with Gasteiger partial charge in [-0.25, -0.2) is 0 Å². The highest BCUT2D eigenvalue weighted by atomic mass is 16.5. The highest BCUT2D eigenvalue weighted by Crippen LogP contribution is 2.61. The minimum absolute atomic E-state index is 0.0512. The van der Waals surface area contributed by atoms with Gasteiger partial charge < -0.3 is 15.4 Å². The Bertz CT molecular complexity index is 604. The fourth-order valence-electron chi connectivity index (χ4n) is 6.95. The molecular formula is C23H36N2O4. The number of carbonyl (C=O) groups excluding carboxylic acids is 3. The lowest BCUT2D eigenvalue weighted by molar-refractivity contribution is -0.149. The van der Waals surface area contributed by atoms with Gasteiger partial charge in [0.15, 0.2) is 6.61 Å². The van der Waals surface area contributed by atoms with Crippen LogP contribution in [-0.4, -0.2) is 37.0 Å². The summed E-state index contributed by atoms with van der Waals surface area (Å²) in [5.41, 5.74) is 0.167. The molecule has 0 aromatic rings. The van der Waals surface area contributed by atoms with Gasteiger partial charge in [-0.3, -0.25) is 14.4 Å². The molecule has 0 aliphatic heterocycles. The van der Waals surface area contributed by atoms with Gasteiger partial charge >= 0.3 is 5.97 Å². The molecule has 5 aliphatic rings. The number of esters is 1. The summed E-state index contributed by atoms with van der Waals surface area (Å²) < 4.78 is 5.04. The van der Waals surface area contributed by atoms with Crippen LogP contribution in [0.1, 0.15) is 77.6 Å². The van der Waals surface area contributed by atoms with E-state index in [1.165, 1.54) is 38.5 Å². The standard InChI is InChI=1S/C23H36N2O4/c1-15-2-4-19(5-3-15)25-21(27)14-29-22(28)13-24-20(26)12-23-9-16-6-17(10-23)8-18(7-16)11-23/h15-19H,2-14H2,1H3,(H,24,26)(H,25,27). The van der Waals surface area contributed by atoms with E-state index in [0.29, 0.717) is 6.42 Å². The molecule has 0 atom stereocenters. The third-order valence-corrected chi connectivity index (χ3v) is 7.88. The summed E-state index contributed by atoms with van der Waals surface area (Å²) in [7, 11) is 0. The van der Waals surface area contributed by atoms with Gasteiger partial charge in [-0.2, -0.15) is 0 Å². The van der Waals surface area contributed by atoms with E-state index in [1.54, 1.807) is 0 Å². The zero-order valence-electron chi connectivity index (χ0n) is 17.7. The molecule has 6 nitrogen and oxygen atoms in total. The molecule has 6 heteroatoms. The van der Waals surface area contributed by atoms with Gasteiger partial charge in [0.05, 0.1) is 0 Å².